The van der Waals surface area contributed by atoms with Gasteiger partial charge in [-0.3, -0.25) is 10.0 Å². The van der Waals surface area contributed by atoms with Crippen LogP contribution in [0.5, 0.6) is 0 Å². The van der Waals surface area contributed by atoms with Crippen LogP contribution in [0.1, 0.15) is 11.1 Å². The summed E-state index contributed by atoms with van der Waals surface area (Å²) in [5.74, 6) is 0. The first-order valence-electron chi connectivity index (χ1n) is 15.5. The number of benzene rings is 5. The molecule has 0 amide bonds. The normalized spacial score (nSPS) is 10.9. The minimum atomic E-state index is 0.487. The Kier molecular flexibility index (Phi) is 12.0. The van der Waals surface area contributed by atoms with Gasteiger partial charge in [0.05, 0.1) is 49.4 Å². The zero-order chi connectivity index (χ0) is 32.5. The molecule has 0 atom stereocenters. The average Bonchev–Trinajstić information content (AvgIpc) is 3.13. The lowest BCUT2D eigenvalue weighted by atomic mass is 10.1. The molecule has 0 N–H and O–H groups in total. The highest BCUT2D eigenvalue weighted by atomic mass is 16.5. The zero-order valence-electron chi connectivity index (χ0n) is 26.4. The summed E-state index contributed by atoms with van der Waals surface area (Å²) < 4.78 is 10.7. The van der Waals surface area contributed by atoms with Gasteiger partial charge in [-0.15, -0.1) is 0 Å². The van der Waals surface area contributed by atoms with E-state index in [1.54, 1.807) is 0 Å². The molecule has 5 aromatic carbocycles. The molecular weight excluding hydrogens is 582 g/mol. The van der Waals surface area contributed by atoms with Crippen LogP contribution in [0.2, 0.25) is 0 Å². The van der Waals surface area contributed by atoms with Crippen LogP contribution in [0.4, 0.5) is 28.4 Å². The maximum Gasteiger partial charge on any atom is 0.107 e. The predicted octanol–water partition coefficient (Wildman–Crippen LogP) is 9.16. The number of para-hydroxylation sites is 3. The summed E-state index contributed by atoms with van der Waals surface area (Å²) in [5.41, 5.74) is 7.08. The molecule has 0 unspecified atom stereocenters. The Labute approximate surface area is 277 Å². The standard InChI is InChI=1S/C40H39N5O2/c1-3-46-30-28-43(36-14-8-5-9-15-36)41-32-34-20-24-39(25-21-34)45(38-18-12-7-13-19-38)40-26-22-35(23-27-40)33-42-44(29-31-47-4-2)37-16-10-6-11-17-37/h3-27,32-33H,1-2,28-31H2/b41-32+,42-33+. The Morgan fingerprint density at radius 1 is 0.447 bits per heavy atom. The highest BCUT2D eigenvalue weighted by molar-refractivity contribution is 5.85. The van der Waals surface area contributed by atoms with Gasteiger partial charge in [0, 0.05) is 17.1 Å². The van der Waals surface area contributed by atoms with Crippen molar-refractivity contribution in [1.82, 2.24) is 0 Å². The number of rotatable bonds is 17. The molecule has 7 heteroatoms. The van der Waals surface area contributed by atoms with E-state index in [1.807, 2.05) is 101 Å². The van der Waals surface area contributed by atoms with Crippen LogP contribution in [0.25, 0.3) is 0 Å². The third-order valence-electron chi connectivity index (χ3n) is 7.20. The minimum absolute atomic E-state index is 0.487. The molecule has 236 valence electrons. The van der Waals surface area contributed by atoms with Crippen molar-refractivity contribution in [2.45, 2.75) is 0 Å². The van der Waals surface area contributed by atoms with Crippen LogP contribution in [0, 0.1) is 0 Å². The van der Waals surface area contributed by atoms with Crippen molar-refractivity contribution in [2.24, 2.45) is 10.2 Å². The number of hydrogen-bond acceptors (Lipinski definition) is 7. The lowest BCUT2D eigenvalue weighted by molar-refractivity contribution is 0.258. The van der Waals surface area contributed by atoms with Gasteiger partial charge in [-0.2, -0.15) is 10.2 Å². The summed E-state index contributed by atoms with van der Waals surface area (Å²) in [6.45, 7) is 9.44. The van der Waals surface area contributed by atoms with Crippen LogP contribution < -0.4 is 14.9 Å². The fourth-order valence-electron chi connectivity index (χ4n) is 4.87. The van der Waals surface area contributed by atoms with E-state index >= 15 is 0 Å². The van der Waals surface area contributed by atoms with Crippen molar-refractivity contribution in [3.05, 3.63) is 176 Å². The molecule has 47 heavy (non-hydrogen) atoms. The van der Waals surface area contributed by atoms with E-state index < -0.39 is 0 Å². The summed E-state index contributed by atoms with van der Waals surface area (Å²) in [7, 11) is 0. The van der Waals surface area contributed by atoms with Gasteiger partial charge in [0.25, 0.3) is 0 Å². The molecule has 0 aliphatic carbocycles. The van der Waals surface area contributed by atoms with E-state index in [0.29, 0.717) is 26.3 Å². The van der Waals surface area contributed by atoms with E-state index in [-0.39, 0.29) is 0 Å². The van der Waals surface area contributed by atoms with E-state index in [9.17, 15) is 0 Å². The molecule has 0 aliphatic rings. The van der Waals surface area contributed by atoms with Gasteiger partial charge >= 0.3 is 0 Å². The Morgan fingerprint density at radius 3 is 1.15 bits per heavy atom. The predicted molar refractivity (Wildman–Crippen MR) is 196 cm³/mol. The molecule has 0 saturated heterocycles. The van der Waals surface area contributed by atoms with Crippen LogP contribution >= 0.6 is 0 Å². The van der Waals surface area contributed by atoms with Crippen molar-refractivity contribution >= 4 is 40.9 Å². The van der Waals surface area contributed by atoms with E-state index in [2.05, 4.69) is 78.7 Å². The molecule has 0 spiro atoms. The van der Waals surface area contributed by atoms with Gasteiger partial charge in [0.15, 0.2) is 0 Å². The lowest BCUT2D eigenvalue weighted by Crippen LogP contribution is -2.21. The highest BCUT2D eigenvalue weighted by Crippen LogP contribution is 2.34. The van der Waals surface area contributed by atoms with Crippen molar-refractivity contribution in [3.8, 4) is 0 Å². The molecule has 0 fully saturated rings. The number of anilines is 5. The van der Waals surface area contributed by atoms with Crippen LogP contribution in [0.3, 0.4) is 0 Å². The molecule has 0 aromatic heterocycles. The largest absolute Gasteiger partial charge is 0.500 e. The topological polar surface area (TPSA) is 52.9 Å². The van der Waals surface area contributed by atoms with Gasteiger partial charge < -0.3 is 14.4 Å². The number of nitrogens with zero attached hydrogens (tertiary/aromatic N) is 5. The third-order valence-corrected chi connectivity index (χ3v) is 7.20. The average molecular weight is 622 g/mol. The van der Waals surface area contributed by atoms with Gasteiger partial charge in [-0.25, -0.2) is 0 Å². The molecule has 0 saturated carbocycles. The molecule has 0 aliphatic heterocycles. The summed E-state index contributed by atoms with van der Waals surface area (Å²) in [4.78, 5) is 2.23. The first-order chi connectivity index (χ1) is 23.2. The Morgan fingerprint density at radius 2 is 0.787 bits per heavy atom. The van der Waals surface area contributed by atoms with Crippen molar-refractivity contribution < 1.29 is 9.47 Å². The first kappa shape index (κ1) is 32.3. The summed E-state index contributed by atoms with van der Waals surface area (Å²) in [5, 5.41) is 13.4. The van der Waals surface area contributed by atoms with Crippen molar-refractivity contribution in [1.29, 1.82) is 0 Å². The minimum Gasteiger partial charge on any atom is -0.500 e. The van der Waals surface area contributed by atoms with Crippen LogP contribution in [0.15, 0.2) is 175 Å². The Balaban J connectivity index is 1.35. The van der Waals surface area contributed by atoms with Gasteiger partial charge in [-0.05, 0) is 71.8 Å². The second kappa shape index (κ2) is 17.4. The van der Waals surface area contributed by atoms with Gasteiger partial charge in [-0.1, -0.05) is 92.0 Å². The summed E-state index contributed by atoms with van der Waals surface area (Å²) in [6, 6.07) is 47.2. The lowest BCUT2D eigenvalue weighted by Gasteiger charge is -2.25. The van der Waals surface area contributed by atoms with E-state index in [4.69, 9.17) is 19.7 Å². The SMILES string of the molecule is C=COCCN(/N=C/c1ccc(N(c2ccccc2)c2ccc(/C=N/N(CCOC=C)c3ccccc3)cc2)cc1)c1ccccc1. The molecule has 0 bridgehead atoms. The summed E-state index contributed by atoms with van der Waals surface area (Å²) in [6.07, 6.45) is 6.64. The Bertz CT molecular complexity index is 1600. The number of hydrogen-bond donors (Lipinski definition) is 0. The fourth-order valence-corrected chi connectivity index (χ4v) is 4.87. The van der Waals surface area contributed by atoms with Gasteiger partial charge in [0.1, 0.15) is 13.2 Å². The number of hydrazone groups is 2. The maximum atomic E-state index is 5.36. The maximum absolute atomic E-state index is 5.36. The molecule has 7 nitrogen and oxygen atoms in total. The quantitative estimate of drug-likeness (QED) is 0.0449. The fraction of sp³-hybridized carbons (Fsp3) is 0.100. The van der Waals surface area contributed by atoms with Crippen LogP contribution in [-0.4, -0.2) is 38.7 Å². The van der Waals surface area contributed by atoms with Crippen molar-refractivity contribution in [3.63, 3.8) is 0 Å². The van der Waals surface area contributed by atoms with Crippen molar-refractivity contribution in [2.75, 3.05) is 41.2 Å². The smallest absolute Gasteiger partial charge is 0.107 e. The molecular formula is C40H39N5O2. The zero-order valence-corrected chi connectivity index (χ0v) is 26.4. The van der Waals surface area contributed by atoms with Crippen LogP contribution in [-0.2, 0) is 9.47 Å². The summed E-state index contributed by atoms with van der Waals surface area (Å²) >= 11 is 0. The number of ether oxygens (including phenoxy) is 2. The monoisotopic (exact) mass is 621 g/mol. The van der Waals surface area contributed by atoms with E-state index in [0.717, 1.165) is 39.6 Å². The first-order valence-corrected chi connectivity index (χ1v) is 15.5. The second-order valence-electron chi connectivity index (χ2n) is 10.3. The van der Waals surface area contributed by atoms with E-state index in [1.165, 1.54) is 12.5 Å². The highest BCUT2D eigenvalue weighted by Gasteiger charge is 2.12. The van der Waals surface area contributed by atoms with Gasteiger partial charge in [0.2, 0.25) is 0 Å². The molecule has 5 aromatic rings. The molecule has 0 heterocycles. The Hall–Kier alpha value is -6.08. The molecule has 0 radical (unpaired) electrons. The molecule has 5 rings (SSSR count). The third kappa shape index (κ3) is 9.45. The second-order valence-corrected chi connectivity index (χ2v) is 10.3.